The molecule has 2 aromatic rings. The zero-order valence-corrected chi connectivity index (χ0v) is 14.3. The molecule has 5 heteroatoms. The highest BCUT2D eigenvalue weighted by atomic mass is 16.5. The standard InChI is InChI=1S/C20H22N2O3/c1-13-5-6-18(21-10-13)17-4-2-3-14-9-16(25-19(14)17)11-22-20(23)15-7-8-24-12-15/h2-6,10,15-16H,7-9,11-12H2,1H3,(H,22,23)/t15-,16+/m0/s1. The van der Waals surface area contributed by atoms with E-state index in [1.807, 2.05) is 31.3 Å². The van der Waals surface area contributed by atoms with Gasteiger partial charge in [-0.05, 0) is 36.6 Å². The van der Waals surface area contributed by atoms with E-state index in [9.17, 15) is 4.79 Å². The Bertz CT molecular complexity index is 767. The lowest BCUT2D eigenvalue weighted by Gasteiger charge is -2.15. The first kappa shape index (κ1) is 16.1. The van der Waals surface area contributed by atoms with Crippen molar-refractivity contribution in [2.45, 2.75) is 25.9 Å². The quantitative estimate of drug-likeness (QED) is 0.930. The summed E-state index contributed by atoms with van der Waals surface area (Å²) < 4.78 is 11.4. The molecule has 3 heterocycles. The van der Waals surface area contributed by atoms with Gasteiger partial charge in [0.1, 0.15) is 11.9 Å². The van der Waals surface area contributed by atoms with Gasteiger partial charge in [-0.3, -0.25) is 9.78 Å². The molecule has 5 nitrogen and oxygen atoms in total. The normalized spacial score (nSPS) is 21.6. The molecular weight excluding hydrogens is 316 g/mol. The molecule has 1 N–H and O–H groups in total. The van der Waals surface area contributed by atoms with Gasteiger partial charge in [-0.2, -0.15) is 0 Å². The van der Waals surface area contributed by atoms with Crippen molar-refractivity contribution in [1.82, 2.24) is 10.3 Å². The van der Waals surface area contributed by atoms with Crippen LogP contribution in [0.3, 0.4) is 0 Å². The van der Waals surface area contributed by atoms with Crippen LogP contribution in [0.15, 0.2) is 36.5 Å². The Balaban J connectivity index is 1.44. The third-order valence-electron chi connectivity index (χ3n) is 4.82. The lowest BCUT2D eigenvalue weighted by molar-refractivity contribution is -0.125. The van der Waals surface area contributed by atoms with Crippen LogP contribution in [0.1, 0.15) is 17.5 Å². The number of aryl methyl sites for hydroxylation is 1. The van der Waals surface area contributed by atoms with Crippen LogP contribution in [-0.2, 0) is 16.0 Å². The molecule has 1 amide bonds. The number of ether oxygens (including phenoxy) is 2. The van der Waals surface area contributed by atoms with Crippen molar-refractivity contribution in [3.63, 3.8) is 0 Å². The molecule has 0 saturated carbocycles. The molecule has 0 bridgehead atoms. The minimum Gasteiger partial charge on any atom is -0.487 e. The fraction of sp³-hybridized carbons (Fsp3) is 0.400. The summed E-state index contributed by atoms with van der Waals surface area (Å²) in [6.07, 6.45) is 3.44. The van der Waals surface area contributed by atoms with Crippen LogP contribution in [0, 0.1) is 12.8 Å². The highest BCUT2D eigenvalue weighted by Gasteiger charge is 2.28. The highest BCUT2D eigenvalue weighted by molar-refractivity contribution is 5.79. The Morgan fingerprint density at radius 2 is 2.24 bits per heavy atom. The summed E-state index contributed by atoms with van der Waals surface area (Å²) in [5.41, 5.74) is 4.22. The minimum absolute atomic E-state index is 0.0175. The summed E-state index contributed by atoms with van der Waals surface area (Å²) in [5.74, 6) is 0.941. The minimum atomic E-state index is -0.0344. The average Bonchev–Trinajstić information content (AvgIpc) is 3.29. The van der Waals surface area contributed by atoms with Gasteiger partial charge in [-0.25, -0.2) is 0 Å². The van der Waals surface area contributed by atoms with Crippen LogP contribution in [-0.4, -0.2) is 36.8 Å². The monoisotopic (exact) mass is 338 g/mol. The number of hydrogen-bond donors (Lipinski definition) is 1. The summed E-state index contributed by atoms with van der Waals surface area (Å²) in [4.78, 5) is 16.7. The molecular formula is C20H22N2O3. The largest absolute Gasteiger partial charge is 0.487 e. The lowest BCUT2D eigenvalue weighted by Crippen LogP contribution is -2.38. The molecule has 0 aliphatic carbocycles. The van der Waals surface area contributed by atoms with Crippen molar-refractivity contribution in [3.8, 4) is 17.0 Å². The zero-order chi connectivity index (χ0) is 17.2. The SMILES string of the molecule is Cc1ccc(-c2cccc3c2O[C@@H](CNC(=O)[C@H]2CCOC2)C3)nc1. The van der Waals surface area contributed by atoms with E-state index in [1.165, 1.54) is 5.56 Å². The van der Waals surface area contributed by atoms with E-state index in [-0.39, 0.29) is 17.9 Å². The number of rotatable bonds is 4. The summed E-state index contributed by atoms with van der Waals surface area (Å²) in [7, 11) is 0. The van der Waals surface area contributed by atoms with Gasteiger partial charge in [-0.15, -0.1) is 0 Å². The number of fused-ring (bicyclic) bond motifs is 1. The maximum absolute atomic E-state index is 12.1. The van der Waals surface area contributed by atoms with E-state index < -0.39 is 0 Å². The summed E-state index contributed by atoms with van der Waals surface area (Å²) >= 11 is 0. The third kappa shape index (κ3) is 3.37. The topological polar surface area (TPSA) is 60.5 Å². The summed E-state index contributed by atoms with van der Waals surface area (Å²) in [5, 5.41) is 3.01. The molecule has 25 heavy (non-hydrogen) atoms. The second kappa shape index (κ2) is 6.84. The van der Waals surface area contributed by atoms with Gasteiger partial charge in [0.25, 0.3) is 0 Å². The average molecular weight is 338 g/mol. The first-order chi connectivity index (χ1) is 12.2. The second-order valence-corrected chi connectivity index (χ2v) is 6.76. The highest BCUT2D eigenvalue weighted by Crippen LogP contribution is 2.37. The van der Waals surface area contributed by atoms with Crippen LogP contribution >= 0.6 is 0 Å². The van der Waals surface area contributed by atoms with Crippen molar-refractivity contribution >= 4 is 5.91 Å². The van der Waals surface area contributed by atoms with Crippen LogP contribution in [0.4, 0.5) is 0 Å². The predicted molar refractivity (Wildman–Crippen MR) is 94.5 cm³/mol. The summed E-state index contributed by atoms with van der Waals surface area (Å²) in [6, 6.07) is 10.2. The first-order valence-electron chi connectivity index (χ1n) is 8.78. The number of hydrogen-bond acceptors (Lipinski definition) is 4. The Morgan fingerprint density at radius 1 is 1.32 bits per heavy atom. The van der Waals surface area contributed by atoms with Crippen LogP contribution in [0.5, 0.6) is 5.75 Å². The molecule has 1 aromatic carbocycles. The lowest BCUT2D eigenvalue weighted by atomic mass is 10.0. The number of carbonyl (C=O) groups is 1. The number of nitrogens with zero attached hydrogens (tertiary/aromatic N) is 1. The van der Waals surface area contributed by atoms with Crippen molar-refractivity contribution in [1.29, 1.82) is 0 Å². The number of benzene rings is 1. The van der Waals surface area contributed by atoms with Gasteiger partial charge in [0, 0.05) is 24.8 Å². The number of para-hydroxylation sites is 1. The van der Waals surface area contributed by atoms with Gasteiger partial charge < -0.3 is 14.8 Å². The first-order valence-corrected chi connectivity index (χ1v) is 8.78. The Morgan fingerprint density at radius 3 is 3.00 bits per heavy atom. The van der Waals surface area contributed by atoms with E-state index in [4.69, 9.17) is 9.47 Å². The molecule has 2 atom stereocenters. The van der Waals surface area contributed by atoms with Crippen molar-refractivity contribution in [2.75, 3.05) is 19.8 Å². The molecule has 1 saturated heterocycles. The zero-order valence-electron chi connectivity index (χ0n) is 14.3. The number of carbonyl (C=O) groups excluding carboxylic acids is 1. The van der Waals surface area contributed by atoms with E-state index in [1.54, 1.807) is 0 Å². The van der Waals surface area contributed by atoms with E-state index >= 15 is 0 Å². The molecule has 2 aliphatic rings. The molecule has 0 spiro atoms. The molecule has 130 valence electrons. The number of aromatic nitrogens is 1. The van der Waals surface area contributed by atoms with E-state index in [2.05, 4.69) is 22.4 Å². The van der Waals surface area contributed by atoms with Crippen LogP contribution in [0.2, 0.25) is 0 Å². The van der Waals surface area contributed by atoms with Crippen molar-refractivity contribution in [2.24, 2.45) is 5.92 Å². The Kier molecular flexibility index (Phi) is 4.40. The number of pyridine rings is 1. The summed E-state index contributed by atoms with van der Waals surface area (Å²) in [6.45, 7) is 3.75. The van der Waals surface area contributed by atoms with Crippen LogP contribution in [0.25, 0.3) is 11.3 Å². The fourth-order valence-corrected chi connectivity index (χ4v) is 3.38. The van der Waals surface area contributed by atoms with E-state index in [0.717, 1.165) is 35.4 Å². The van der Waals surface area contributed by atoms with E-state index in [0.29, 0.717) is 19.8 Å². The van der Waals surface area contributed by atoms with Gasteiger partial charge in [-0.1, -0.05) is 18.2 Å². The van der Waals surface area contributed by atoms with Gasteiger partial charge in [0.2, 0.25) is 5.91 Å². The maximum atomic E-state index is 12.1. The smallest absolute Gasteiger partial charge is 0.225 e. The van der Waals surface area contributed by atoms with Crippen molar-refractivity contribution < 1.29 is 14.3 Å². The molecule has 2 aliphatic heterocycles. The predicted octanol–water partition coefficient (Wildman–Crippen LogP) is 2.51. The molecule has 4 rings (SSSR count). The van der Waals surface area contributed by atoms with Crippen LogP contribution < -0.4 is 10.1 Å². The fourth-order valence-electron chi connectivity index (χ4n) is 3.38. The molecule has 0 radical (unpaired) electrons. The Hall–Kier alpha value is -2.40. The third-order valence-corrected chi connectivity index (χ3v) is 4.82. The van der Waals surface area contributed by atoms with Gasteiger partial charge in [0.05, 0.1) is 24.8 Å². The molecule has 1 fully saturated rings. The molecule has 0 unspecified atom stereocenters. The Labute approximate surface area is 147 Å². The van der Waals surface area contributed by atoms with Gasteiger partial charge in [0.15, 0.2) is 0 Å². The second-order valence-electron chi connectivity index (χ2n) is 6.76. The van der Waals surface area contributed by atoms with Gasteiger partial charge >= 0.3 is 0 Å². The number of nitrogens with one attached hydrogen (secondary N) is 1. The number of amides is 1. The van der Waals surface area contributed by atoms with Crippen molar-refractivity contribution in [3.05, 3.63) is 47.7 Å². The molecule has 1 aromatic heterocycles. The maximum Gasteiger partial charge on any atom is 0.225 e.